The second-order valence-electron chi connectivity index (χ2n) is 5.63. The van der Waals surface area contributed by atoms with Gasteiger partial charge in [-0.1, -0.05) is 17.7 Å². The van der Waals surface area contributed by atoms with Gasteiger partial charge in [-0.3, -0.25) is 4.79 Å². The Balaban J connectivity index is 1.73. The highest BCUT2D eigenvalue weighted by molar-refractivity contribution is 7.90. The van der Waals surface area contributed by atoms with Crippen molar-refractivity contribution in [1.29, 1.82) is 0 Å². The third-order valence-electron chi connectivity index (χ3n) is 3.78. The highest BCUT2D eigenvalue weighted by Crippen LogP contribution is 2.14. The number of sulfonamides is 1. The van der Waals surface area contributed by atoms with Crippen molar-refractivity contribution in [1.82, 2.24) is 14.9 Å². The highest BCUT2D eigenvalue weighted by atomic mass is 32.2. The first kappa shape index (κ1) is 17.3. The normalized spacial score (nSPS) is 15.0. The van der Waals surface area contributed by atoms with Crippen LogP contribution in [0.5, 0.6) is 0 Å². The molecule has 25 heavy (non-hydrogen) atoms. The van der Waals surface area contributed by atoms with Crippen LogP contribution in [0.3, 0.4) is 0 Å². The van der Waals surface area contributed by atoms with Crippen LogP contribution in [-0.2, 0) is 14.8 Å². The molecule has 1 aromatic heterocycles. The van der Waals surface area contributed by atoms with Crippen LogP contribution in [0.2, 0.25) is 0 Å². The lowest BCUT2D eigenvalue weighted by Crippen LogP contribution is -2.37. The van der Waals surface area contributed by atoms with Gasteiger partial charge in [-0.15, -0.1) is 10.2 Å². The molecule has 1 fully saturated rings. The van der Waals surface area contributed by atoms with Gasteiger partial charge in [-0.25, -0.2) is 4.72 Å². The summed E-state index contributed by atoms with van der Waals surface area (Å²) in [6.45, 7) is 4.41. The summed E-state index contributed by atoms with van der Waals surface area (Å²) in [5.74, 6) is -0.133. The highest BCUT2D eigenvalue weighted by Gasteiger charge is 2.21. The van der Waals surface area contributed by atoms with E-state index < -0.39 is 15.9 Å². The van der Waals surface area contributed by atoms with Gasteiger partial charge in [0.15, 0.2) is 10.8 Å². The maximum atomic E-state index is 12.3. The molecule has 3 rings (SSSR count). The number of anilines is 1. The minimum atomic E-state index is -4.08. The number of carbonyl (C=O) groups excluding carboxylic acids is 1. The summed E-state index contributed by atoms with van der Waals surface area (Å²) < 4.78 is 31.9. The molecule has 0 saturated carbocycles. The average molecular weight is 362 g/mol. The fourth-order valence-corrected chi connectivity index (χ4v) is 3.22. The Morgan fingerprint density at radius 2 is 1.76 bits per heavy atom. The molecule has 0 spiro atoms. The smallest absolute Gasteiger partial charge is 0.283 e. The van der Waals surface area contributed by atoms with E-state index in [9.17, 15) is 13.2 Å². The minimum Gasteiger partial charge on any atom is -0.378 e. The van der Waals surface area contributed by atoms with Crippen molar-refractivity contribution in [3.63, 3.8) is 0 Å². The van der Waals surface area contributed by atoms with Gasteiger partial charge >= 0.3 is 0 Å². The van der Waals surface area contributed by atoms with Gasteiger partial charge in [0.1, 0.15) is 0 Å². The van der Waals surface area contributed by atoms with Crippen molar-refractivity contribution < 1.29 is 17.9 Å². The van der Waals surface area contributed by atoms with E-state index >= 15 is 0 Å². The summed E-state index contributed by atoms with van der Waals surface area (Å²) in [6, 6.07) is 9.50. The quantitative estimate of drug-likeness (QED) is 0.856. The number of nitrogens with zero attached hydrogens (tertiary/aromatic N) is 3. The lowest BCUT2D eigenvalue weighted by molar-refractivity contribution is 0.0981. The molecule has 0 unspecified atom stereocenters. The van der Waals surface area contributed by atoms with Gasteiger partial charge in [0.05, 0.1) is 13.2 Å². The zero-order chi connectivity index (χ0) is 17.9. The first-order valence-corrected chi connectivity index (χ1v) is 9.24. The van der Waals surface area contributed by atoms with E-state index in [1.54, 1.807) is 30.3 Å². The van der Waals surface area contributed by atoms with Crippen molar-refractivity contribution in [2.24, 2.45) is 0 Å². The fourth-order valence-electron chi connectivity index (χ4n) is 2.36. The van der Waals surface area contributed by atoms with E-state index in [1.807, 2.05) is 16.5 Å². The van der Waals surface area contributed by atoms with Crippen molar-refractivity contribution in [3.8, 4) is 0 Å². The number of hydrogen-bond donors (Lipinski definition) is 1. The Hall–Kier alpha value is -2.52. The van der Waals surface area contributed by atoms with Crippen LogP contribution < -0.4 is 9.62 Å². The monoisotopic (exact) mass is 362 g/mol. The first-order valence-electron chi connectivity index (χ1n) is 7.76. The second-order valence-corrected chi connectivity index (χ2v) is 7.26. The number of aromatic nitrogens is 2. The summed E-state index contributed by atoms with van der Waals surface area (Å²) >= 11 is 0. The van der Waals surface area contributed by atoms with E-state index in [2.05, 4.69) is 10.2 Å². The number of nitrogens with one attached hydrogen (secondary N) is 1. The van der Waals surface area contributed by atoms with Crippen LogP contribution >= 0.6 is 0 Å². The van der Waals surface area contributed by atoms with Gasteiger partial charge in [-0.05, 0) is 31.2 Å². The summed E-state index contributed by atoms with van der Waals surface area (Å²) in [5, 5.41) is 7.40. The predicted octanol–water partition coefficient (Wildman–Crippen LogP) is 0.740. The summed E-state index contributed by atoms with van der Waals surface area (Å²) in [5.41, 5.74) is 1.23. The third kappa shape index (κ3) is 4.12. The number of amides is 1. The Morgan fingerprint density at radius 3 is 2.36 bits per heavy atom. The molecule has 1 N–H and O–H groups in total. The number of aryl methyl sites for hydroxylation is 1. The molecule has 0 aliphatic carbocycles. The molecule has 2 heterocycles. The van der Waals surface area contributed by atoms with Gasteiger partial charge < -0.3 is 9.64 Å². The Labute approximate surface area is 145 Å². The fraction of sp³-hybridized carbons (Fsp3) is 0.312. The number of benzene rings is 1. The average Bonchev–Trinajstić information content (AvgIpc) is 2.63. The van der Waals surface area contributed by atoms with Gasteiger partial charge in [-0.2, -0.15) is 8.42 Å². The molecule has 2 aromatic rings. The summed E-state index contributed by atoms with van der Waals surface area (Å²) in [4.78, 5) is 14.1. The van der Waals surface area contributed by atoms with Crippen molar-refractivity contribution >= 4 is 21.7 Å². The lowest BCUT2D eigenvalue weighted by Gasteiger charge is -2.27. The lowest BCUT2D eigenvalue weighted by atomic mass is 10.1. The van der Waals surface area contributed by atoms with Crippen LogP contribution in [0.25, 0.3) is 0 Å². The number of ether oxygens (including phenoxy) is 1. The van der Waals surface area contributed by atoms with Crippen LogP contribution in [0.1, 0.15) is 15.9 Å². The molecule has 132 valence electrons. The largest absolute Gasteiger partial charge is 0.378 e. The molecule has 9 heteroatoms. The first-order chi connectivity index (χ1) is 12.0. The van der Waals surface area contributed by atoms with Crippen LogP contribution in [-0.4, -0.2) is 50.8 Å². The van der Waals surface area contributed by atoms with E-state index in [1.165, 1.54) is 6.07 Å². The zero-order valence-electron chi connectivity index (χ0n) is 13.7. The number of carbonyl (C=O) groups is 1. The van der Waals surface area contributed by atoms with Crippen LogP contribution in [0.15, 0.2) is 41.4 Å². The van der Waals surface area contributed by atoms with E-state index in [-0.39, 0.29) is 10.6 Å². The van der Waals surface area contributed by atoms with Crippen molar-refractivity contribution in [3.05, 3.63) is 47.5 Å². The molecule has 1 aromatic carbocycles. The molecule has 1 aliphatic heterocycles. The molecule has 1 aliphatic rings. The molecular weight excluding hydrogens is 344 g/mol. The topological polar surface area (TPSA) is 101 Å². The number of hydrogen-bond acceptors (Lipinski definition) is 7. The standard InChI is InChI=1S/C16H18N4O4S/c1-12-2-4-13(5-3-12)16(21)19-25(22,23)15-7-6-14(17-18-15)20-8-10-24-11-9-20/h2-7H,8-11H2,1H3,(H,19,21). The van der Waals surface area contributed by atoms with E-state index in [0.717, 1.165) is 5.56 Å². The second kappa shape index (κ2) is 7.16. The van der Waals surface area contributed by atoms with Gasteiger partial charge in [0, 0.05) is 18.7 Å². The Morgan fingerprint density at radius 1 is 1.08 bits per heavy atom. The minimum absolute atomic E-state index is 0.257. The van der Waals surface area contributed by atoms with Gasteiger partial charge in [0.2, 0.25) is 0 Å². The number of morpholine rings is 1. The van der Waals surface area contributed by atoms with Crippen molar-refractivity contribution in [2.75, 3.05) is 31.2 Å². The molecule has 1 saturated heterocycles. The van der Waals surface area contributed by atoms with Gasteiger partial charge in [0.25, 0.3) is 15.9 Å². The molecule has 8 nitrogen and oxygen atoms in total. The SMILES string of the molecule is Cc1ccc(C(=O)NS(=O)(=O)c2ccc(N3CCOCC3)nn2)cc1. The Kier molecular flexibility index (Phi) is 4.95. The molecule has 1 amide bonds. The summed E-state index contributed by atoms with van der Waals surface area (Å²) in [6.07, 6.45) is 0. The Bertz CT molecular complexity index is 845. The van der Waals surface area contributed by atoms with E-state index in [4.69, 9.17) is 4.74 Å². The third-order valence-corrected chi connectivity index (χ3v) is 5.00. The summed E-state index contributed by atoms with van der Waals surface area (Å²) in [7, 11) is -4.08. The van der Waals surface area contributed by atoms with Crippen molar-refractivity contribution in [2.45, 2.75) is 11.9 Å². The van der Waals surface area contributed by atoms with Crippen LogP contribution in [0, 0.1) is 6.92 Å². The molecule has 0 bridgehead atoms. The zero-order valence-corrected chi connectivity index (χ0v) is 14.5. The predicted molar refractivity (Wildman–Crippen MR) is 90.9 cm³/mol. The molecular formula is C16H18N4O4S. The number of rotatable bonds is 4. The maximum absolute atomic E-state index is 12.3. The van der Waals surface area contributed by atoms with Crippen LogP contribution in [0.4, 0.5) is 5.82 Å². The maximum Gasteiger partial charge on any atom is 0.283 e. The van der Waals surface area contributed by atoms with E-state index in [0.29, 0.717) is 32.1 Å². The molecule has 0 radical (unpaired) electrons. The molecule has 0 atom stereocenters.